The van der Waals surface area contributed by atoms with Gasteiger partial charge in [-0.05, 0) is 44.8 Å². The number of carbonyl (C=O) groups is 1. The van der Waals surface area contributed by atoms with E-state index in [4.69, 9.17) is 4.74 Å². The molecule has 0 radical (unpaired) electrons. The molecule has 23 heavy (non-hydrogen) atoms. The van der Waals surface area contributed by atoms with Crippen molar-refractivity contribution in [1.29, 1.82) is 0 Å². The van der Waals surface area contributed by atoms with Crippen molar-refractivity contribution < 1.29 is 9.53 Å². The molecule has 4 nitrogen and oxygen atoms in total. The summed E-state index contributed by atoms with van der Waals surface area (Å²) >= 11 is 0. The van der Waals surface area contributed by atoms with Crippen molar-refractivity contribution >= 4 is 11.7 Å². The molecule has 0 saturated heterocycles. The van der Waals surface area contributed by atoms with Gasteiger partial charge in [0.15, 0.2) is 0 Å². The van der Waals surface area contributed by atoms with Crippen LogP contribution in [0.25, 0.3) is 0 Å². The van der Waals surface area contributed by atoms with E-state index in [1.165, 1.54) is 38.5 Å². The van der Waals surface area contributed by atoms with Gasteiger partial charge in [-0.2, -0.15) is 0 Å². The Morgan fingerprint density at radius 1 is 1.04 bits per heavy atom. The van der Waals surface area contributed by atoms with Crippen molar-refractivity contribution in [2.75, 3.05) is 39.1 Å². The third kappa shape index (κ3) is 9.24. The van der Waals surface area contributed by atoms with E-state index in [1.54, 1.807) is 0 Å². The zero-order chi connectivity index (χ0) is 16.9. The van der Waals surface area contributed by atoms with Crippen LogP contribution < -0.4 is 5.32 Å². The molecule has 0 bridgehead atoms. The lowest BCUT2D eigenvalue weighted by molar-refractivity contribution is 0.0482. The molecule has 0 aromatic heterocycles. The zero-order valence-corrected chi connectivity index (χ0v) is 14.9. The molecule has 1 rings (SSSR count). The number of nitrogens with one attached hydrogen (secondary N) is 1. The summed E-state index contributed by atoms with van der Waals surface area (Å²) < 4.78 is 5.22. The fourth-order valence-electron chi connectivity index (χ4n) is 2.27. The maximum atomic E-state index is 11.9. The third-order valence-corrected chi connectivity index (χ3v) is 3.75. The Labute approximate surface area is 141 Å². The highest BCUT2D eigenvalue weighted by Gasteiger charge is 2.06. The van der Waals surface area contributed by atoms with Crippen LogP contribution in [0.15, 0.2) is 24.3 Å². The van der Waals surface area contributed by atoms with Crippen LogP contribution in [0.2, 0.25) is 0 Å². The number of rotatable bonds is 12. The van der Waals surface area contributed by atoms with Gasteiger partial charge in [-0.3, -0.25) is 0 Å². The van der Waals surface area contributed by atoms with E-state index in [2.05, 4.69) is 12.2 Å². The van der Waals surface area contributed by atoms with E-state index in [0.29, 0.717) is 12.2 Å². The Kier molecular flexibility index (Phi) is 10.1. The van der Waals surface area contributed by atoms with Crippen molar-refractivity contribution in [3.8, 4) is 0 Å². The van der Waals surface area contributed by atoms with Crippen LogP contribution in [-0.2, 0) is 4.74 Å². The van der Waals surface area contributed by atoms with Crippen molar-refractivity contribution in [3.63, 3.8) is 0 Å². The Balaban J connectivity index is 2.21. The second-order valence-corrected chi connectivity index (χ2v) is 6.21. The van der Waals surface area contributed by atoms with E-state index >= 15 is 0 Å². The minimum atomic E-state index is -0.255. The summed E-state index contributed by atoms with van der Waals surface area (Å²) in [5.41, 5.74) is 1.66. The topological polar surface area (TPSA) is 41.6 Å². The molecule has 1 aromatic rings. The highest BCUT2D eigenvalue weighted by Crippen LogP contribution is 2.11. The quantitative estimate of drug-likeness (QED) is 0.463. The number of unbranched alkanes of at least 4 members (excludes halogenated alkanes) is 5. The average Bonchev–Trinajstić information content (AvgIpc) is 2.54. The van der Waals surface area contributed by atoms with Crippen molar-refractivity contribution in [1.82, 2.24) is 4.90 Å². The van der Waals surface area contributed by atoms with Crippen LogP contribution in [-0.4, -0.2) is 44.7 Å². The molecule has 0 fully saturated rings. The highest BCUT2D eigenvalue weighted by molar-refractivity contribution is 5.89. The van der Waals surface area contributed by atoms with Gasteiger partial charge in [-0.15, -0.1) is 0 Å². The van der Waals surface area contributed by atoms with E-state index < -0.39 is 0 Å². The van der Waals surface area contributed by atoms with Crippen LogP contribution in [0.1, 0.15) is 55.8 Å². The number of hydrogen-bond acceptors (Lipinski definition) is 4. The Bertz CT molecular complexity index is 430. The standard InChI is InChI=1S/C19H32N2O2/c1-4-5-6-7-8-9-14-20-18-12-10-17(11-13-18)19(22)23-16-15-21(2)3/h10-13,20H,4-9,14-16H2,1-3H3. The summed E-state index contributed by atoms with van der Waals surface area (Å²) in [5, 5.41) is 3.40. The van der Waals surface area contributed by atoms with Crippen molar-refractivity contribution in [2.24, 2.45) is 0 Å². The summed E-state index contributed by atoms with van der Waals surface area (Å²) in [7, 11) is 3.91. The number of esters is 1. The third-order valence-electron chi connectivity index (χ3n) is 3.75. The van der Waals surface area contributed by atoms with E-state index in [0.717, 1.165) is 18.8 Å². The lowest BCUT2D eigenvalue weighted by atomic mass is 10.1. The fourth-order valence-corrected chi connectivity index (χ4v) is 2.27. The molecule has 130 valence electrons. The Morgan fingerprint density at radius 2 is 1.70 bits per heavy atom. The predicted octanol–water partition coefficient (Wildman–Crippen LogP) is 4.18. The summed E-state index contributed by atoms with van der Waals surface area (Å²) in [4.78, 5) is 13.9. The Morgan fingerprint density at radius 3 is 2.35 bits per heavy atom. The van der Waals surface area contributed by atoms with Crippen LogP contribution in [0.4, 0.5) is 5.69 Å². The van der Waals surface area contributed by atoms with Gasteiger partial charge in [-0.1, -0.05) is 39.0 Å². The van der Waals surface area contributed by atoms with Crippen LogP contribution in [0, 0.1) is 0 Å². The molecule has 1 aromatic carbocycles. The van der Waals surface area contributed by atoms with Gasteiger partial charge in [0.05, 0.1) is 5.56 Å². The first kappa shape index (κ1) is 19.5. The minimum Gasteiger partial charge on any atom is -0.461 e. The SMILES string of the molecule is CCCCCCCCNc1ccc(C(=O)OCCN(C)C)cc1. The fraction of sp³-hybridized carbons (Fsp3) is 0.632. The molecule has 0 atom stereocenters. The van der Waals surface area contributed by atoms with E-state index in [9.17, 15) is 4.79 Å². The molecule has 0 aliphatic carbocycles. The maximum Gasteiger partial charge on any atom is 0.338 e. The monoisotopic (exact) mass is 320 g/mol. The molecule has 1 N–H and O–H groups in total. The van der Waals surface area contributed by atoms with Gasteiger partial charge in [0.25, 0.3) is 0 Å². The molecule has 0 heterocycles. The molecule has 0 spiro atoms. The normalized spacial score (nSPS) is 10.8. The first-order valence-corrected chi connectivity index (χ1v) is 8.79. The summed E-state index contributed by atoms with van der Waals surface area (Å²) in [6.07, 6.45) is 7.79. The zero-order valence-electron chi connectivity index (χ0n) is 14.9. The van der Waals surface area contributed by atoms with Gasteiger partial charge < -0.3 is 15.0 Å². The maximum absolute atomic E-state index is 11.9. The molecule has 0 amide bonds. The minimum absolute atomic E-state index is 0.255. The van der Waals surface area contributed by atoms with E-state index in [-0.39, 0.29) is 5.97 Å². The summed E-state index contributed by atoms with van der Waals surface area (Å²) in [6.45, 7) is 4.38. The molecule has 0 aliphatic rings. The predicted molar refractivity (Wildman–Crippen MR) is 97.1 cm³/mol. The van der Waals surface area contributed by atoms with E-state index in [1.807, 2.05) is 43.3 Å². The summed E-state index contributed by atoms with van der Waals surface area (Å²) in [6, 6.07) is 7.53. The number of anilines is 1. The van der Waals surface area contributed by atoms with Crippen molar-refractivity contribution in [2.45, 2.75) is 45.4 Å². The number of ether oxygens (including phenoxy) is 1. The molecule has 0 aliphatic heterocycles. The van der Waals surface area contributed by atoms with Gasteiger partial charge in [0, 0.05) is 18.8 Å². The molecule has 0 saturated carbocycles. The van der Waals surface area contributed by atoms with Crippen LogP contribution >= 0.6 is 0 Å². The lowest BCUT2D eigenvalue weighted by Gasteiger charge is -2.10. The smallest absolute Gasteiger partial charge is 0.338 e. The van der Waals surface area contributed by atoms with Crippen LogP contribution in [0.5, 0.6) is 0 Å². The number of benzene rings is 1. The Hall–Kier alpha value is -1.55. The molecular formula is C19H32N2O2. The van der Waals surface area contributed by atoms with Gasteiger partial charge >= 0.3 is 5.97 Å². The van der Waals surface area contributed by atoms with Crippen molar-refractivity contribution in [3.05, 3.63) is 29.8 Å². The second-order valence-electron chi connectivity index (χ2n) is 6.21. The molecular weight excluding hydrogens is 288 g/mol. The molecule has 4 heteroatoms. The molecule has 0 unspecified atom stereocenters. The number of carbonyl (C=O) groups excluding carboxylic acids is 1. The number of likely N-dealkylation sites (N-methyl/N-ethyl adjacent to an activating group) is 1. The first-order chi connectivity index (χ1) is 11.1. The first-order valence-electron chi connectivity index (χ1n) is 8.79. The number of nitrogens with zero attached hydrogens (tertiary/aromatic N) is 1. The van der Waals surface area contributed by atoms with Gasteiger partial charge in [-0.25, -0.2) is 4.79 Å². The van der Waals surface area contributed by atoms with Crippen LogP contribution in [0.3, 0.4) is 0 Å². The van der Waals surface area contributed by atoms with Gasteiger partial charge in [0.1, 0.15) is 6.61 Å². The lowest BCUT2D eigenvalue weighted by Crippen LogP contribution is -2.20. The average molecular weight is 320 g/mol. The van der Waals surface area contributed by atoms with Gasteiger partial charge in [0.2, 0.25) is 0 Å². The second kappa shape index (κ2) is 11.9. The number of hydrogen-bond donors (Lipinski definition) is 1. The summed E-state index contributed by atoms with van der Waals surface area (Å²) in [5.74, 6) is -0.255. The largest absolute Gasteiger partial charge is 0.461 e. The highest BCUT2D eigenvalue weighted by atomic mass is 16.5.